The lowest BCUT2D eigenvalue weighted by Crippen LogP contribution is -1.87. The van der Waals surface area contributed by atoms with Crippen LogP contribution in [0.1, 0.15) is 56.7 Å². The van der Waals surface area contributed by atoms with Crippen LogP contribution in [0.3, 0.4) is 0 Å². The van der Waals surface area contributed by atoms with Gasteiger partial charge in [0.1, 0.15) is 0 Å². The summed E-state index contributed by atoms with van der Waals surface area (Å²) in [7, 11) is 0. The third kappa shape index (κ3) is 5.35. The molecule has 0 spiro atoms. The summed E-state index contributed by atoms with van der Waals surface area (Å²) in [5, 5.41) is 0. The van der Waals surface area contributed by atoms with E-state index in [2.05, 4.69) is 92.4 Å². The predicted molar refractivity (Wildman–Crippen MR) is 204 cm³/mol. The molecule has 16 bridgehead atoms. The SMILES string of the molecule is C(#Cc1c2nc(cc3nc(cc4ccc(cc5ccc1[nH]5)[nH]4)C=C3)C=C2)c1c2nc(cc3nc(cc4ccc(cc5ccc1[nH]5)[nH]4)C=C3)C=C2. The Morgan fingerprint density at radius 2 is 0.660 bits per heavy atom. The van der Waals surface area contributed by atoms with E-state index in [0.717, 1.165) is 101 Å². The van der Waals surface area contributed by atoms with Crippen LogP contribution in [0.25, 0.3) is 92.7 Å². The Bertz CT molecular complexity index is 2750. The summed E-state index contributed by atoms with van der Waals surface area (Å²) in [6.07, 6.45) is 16.0. The molecule has 0 aliphatic carbocycles. The summed E-state index contributed by atoms with van der Waals surface area (Å²) >= 11 is 0. The highest BCUT2D eigenvalue weighted by molar-refractivity contribution is 5.85. The fourth-order valence-corrected chi connectivity index (χ4v) is 6.41. The fraction of sp³-hybridized carbons (Fsp3) is 0. The minimum absolute atomic E-state index is 0.765. The van der Waals surface area contributed by atoms with E-state index in [0.29, 0.717) is 0 Å². The highest BCUT2D eigenvalue weighted by Crippen LogP contribution is 2.24. The van der Waals surface area contributed by atoms with Crippen LogP contribution in [0.2, 0.25) is 0 Å². The van der Waals surface area contributed by atoms with Gasteiger partial charge in [-0.3, -0.25) is 0 Å². The highest BCUT2D eigenvalue weighted by atomic mass is 14.8. The van der Waals surface area contributed by atoms with Gasteiger partial charge in [0.25, 0.3) is 0 Å². The number of nitrogens with zero attached hydrogens (tertiary/aromatic N) is 4. The minimum atomic E-state index is 0.765. The van der Waals surface area contributed by atoms with Crippen molar-refractivity contribution in [3.8, 4) is 11.8 Å². The van der Waals surface area contributed by atoms with Crippen molar-refractivity contribution in [2.24, 2.45) is 0 Å². The molecule has 10 rings (SSSR count). The minimum Gasteiger partial charge on any atom is -0.355 e. The lowest BCUT2D eigenvalue weighted by atomic mass is 10.1. The number of H-pyrrole nitrogens is 4. The van der Waals surface area contributed by atoms with E-state index in [4.69, 9.17) is 19.9 Å². The second kappa shape index (κ2) is 11.2. The van der Waals surface area contributed by atoms with Crippen molar-refractivity contribution in [1.82, 2.24) is 39.9 Å². The molecule has 0 radical (unpaired) electrons. The second-order valence-corrected chi connectivity index (χ2v) is 12.4. The van der Waals surface area contributed by atoms with Gasteiger partial charge < -0.3 is 19.9 Å². The van der Waals surface area contributed by atoms with Crippen LogP contribution in [-0.2, 0) is 0 Å². The molecule has 0 unspecified atom stereocenters. The van der Waals surface area contributed by atoms with Gasteiger partial charge in [-0.05, 0) is 134 Å². The number of aromatic amines is 4. The molecule has 0 saturated carbocycles. The lowest BCUT2D eigenvalue weighted by Gasteiger charge is -1.96. The first-order chi connectivity index (χ1) is 24.6. The van der Waals surface area contributed by atoms with Gasteiger partial charge in [-0.1, -0.05) is 11.8 Å². The quantitative estimate of drug-likeness (QED) is 0.124. The average molecular weight is 643 g/mol. The van der Waals surface area contributed by atoms with Crippen molar-refractivity contribution >= 4 is 92.7 Å². The number of rotatable bonds is 0. The predicted octanol–water partition coefficient (Wildman–Crippen LogP) is 9.02. The van der Waals surface area contributed by atoms with E-state index in [1.807, 2.05) is 72.9 Å². The molecule has 0 atom stereocenters. The van der Waals surface area contributed by atoms with Crippen molar-refractivity contribution in [3.63, 3.8) is 0 Å². The normalized spacial score (nSPS) is 12.7. The highest BCUT2D eigenvalue weighted by Gasteiger charge is 2.11. The Morgan fingerprint density at radius 1 is 0.320 bits per heavy atom. The number of hydrogen-bond acceptors (Lipinski definition) is 4. The van der Waals surface area contributed by atoms with E-state index in [-0.39, 0.29) is 0 Å². The van der Waals surface area contributed by atoms with Gasteiger partial charge in [-0.15, -0.1) is 0 Å². The summed E-state index contributed by atoms with van der Waals surface area (Å²) in [6.45, 7) is 0. The molecule has 6 aromatic heterocycles. The molecular formula is C42H26N8. The zero-order valence-corrected chi connectivity index (χ0v) is 26.5. The van der Waals surface area contributed by atoms with Crippen LogP contribution >= 0.6 is 0 Å². The summed E-state index contributed by atoms with van der Waals surface area (Å²) in [6, 6.07) is 28.6. The topological polar surface area (TPSA) is 115 Å². The summed E-state index contributed by atoms with van der Waals surface area (Å²) in [5.41, 5.74) is 15.7. The molecule has 6 aromatic rings. The summed E-state index contributed by atoms with van der Waals surface area (Å²) in [4.78, 5) is 33.6. The molecule has 0 fully saturated rings. The van der Waals surface area contributed by atoms with E-state index >= 15 is 0 Å². The number of hydrogen-bond donors (Lipinski definition) is 4. The van der Waals surface area contributed by atoms with Gasteiger partial charge in [0.05, 0.1) is 67.7 Å². The standard InChI is InChI=1S/C42H26N8/c1-5-29-21-33-9-15-39(47-33)37(40-16-10-34(48-40)22-30-6-2-26(44-30)19-25(1)43-29)13-14-38-41-17-11-35(49-41)23-31-7-3-27(45-31)20-28-4-8-32(46-28)24-36-12-18-42(38)50-36/h1-12,15-24,43,45,47,49H. The Balaban J connectivity index is 1.22. The third-order valence-electron chi connectivity index (χ3n) is 8.75. The zero-order chi connectivity index (χ0) is 33.0. The molecule has 50 heavy (non-hydrogen) atoms. The third-order valence-corrected chi connectivity index (χ3v) is 8.75. The maximum absolute atomic E-state index is 4.99. The molecule has 234 valence electrons. The Morgan fingerprint density at radius 3 is 1.12 bits per heavy atom. The van der Waals surface area contributed by atoms with Crippen LogP contribution in [0.15, 0.2) is 84.9 Å². The van der Waals surface area contributed by atoms with Gasteiger partial charge in [-0.25, -0.2) is 19.9 Å². The van der Waals surface area contributed by atoms with Crippen molar-refractivity contribution in [2.45, 2.75) is 0 Å². The second-order valence-electron chi connectivity index (χ2n) is 12.4. The van der Waals surface area contributed by atoms with E-state index in [9.17, 15) is 0 Å². The largest absolute Gasteiger partial charge is 0.355 e. The Kier molecular flexibility index (Phi) is 6.23. The zero-order valence-electron chi connectivity index (χ0n) is 26.5. The van der Waals surface area contributed by atoms with E-state index in [1.165, 1.54) is 0 Å². The number of aromatic nitrogens is 8. The number of fused-ring (bicyclic) bond motifs is 16. The van der Waals surface area contributed by atoms with Crippen LogP contribution in [0.4, 0.5) is 0 Å². The molecule has 8 nitrogen and oxygen atoms in total. The first-order valence-corrected chi connectivity index (χ1v) is 16.3. The maximum atomic E-state index is 4.99. The van der Waals surface area contributed by atoms with Gasteiger partial charge in [0.2, 0.25) is 0 Å². The van der Waals surface area contributed by atoms with Crippen LogP contribution in [0, 0.1) is 11.8 Å². The van der Waals surface area contributed by atoms with Gasteiger partial charge in [0, 0.05) is 33.1 Å². The maximum Gasteiger partial charge on any atom is 0.0815 e. The van der Waals surface area contributed by atoms with Gasteiger partial charge >= 0.3 is 0 Å². The van der Waals surface area contributed by atoms with Gasteiger partial charge in [0.15, 0.2) is 0 Å². The molecule has 4 aliphatic heterocycles. The molecule has 0 saturated heterocycles. The van der Waals surface area contributed by atoms with Crippen molar-refractivity contribution in [1.29, 1.82) is 0 Å². The number of nitrogens with one attached hydrogen (secondary N) is 4. The van der Waals surface area contributed by atoms with Crippen LogP contribution < -0.4 is 0 Å². The molecule has 0 aromatic carbocycles. The van der Waals surface area contributed by atoms with Crippen LogP contribution in [0.5, 0.6) is 0 Å². The van der Waals surface area contributed by atoms with E-state index in [1.54, 1.807) is 0 Å². The summed E-state index contributed by atoms with van der Waals surface area (Å²) < 4.78 is 0. The summed E-state index contributed by atoms with van der Waals surface area (Å²) in [5.74, 6) is 7.03. The Hall–Kier alpha value is -7.24. The molecule has 8 heteroatoms. The average Bonchev–Trinajstić information content (AvgIpc) is 3.94. The Labute approximate surface area is 285 Å². The monoisotopic (exact) mass is 642 g/mol. The molecule has 0 amide bonds. The lowest BCUT2D eigenvalue weighted by molar-refractivity contribution is 1.27. The van der Waals surface area contributed by atoms with Crippen molar-refractivity contribution < 1.29 is 0 Å². The molecule has 10 heterocycles. The van der Waals surface area contributed by atoms with Gasteiger partial charge in [-0.2, -0.15) is 0 Å². The first kappa shape index (κ1) is 27.8. The smallest absolute Gasteiger partial charge is 0.0815 e. The molecular weight excluding hydrogens is 617 g/mol. The van der Waals surface area contributed by atoms with Crippen LogP contribution in [-0.4, -0.2) is 39.9 Å². The molecule has 4 N–H and O–H groups in total. The van der Waals surface area contributed by atoms with Crippen molar-refractivity contribution in [2.75, 3.05) is 0 Å². The first-order valence-electron chi connectivity index (χ1n) is 16.3. The molecule has 4 aliphatic rings. The van der Waals surface area contributed by atoms with Crippen molar-refractivity contribution in [3.05, 3.63) is 142 Å². The van der Waals surface area contributed by atoms with E-state index < -0.39 is 0 Å². The fourth-order valence-electron chi connectivity index (χ4n) is 6.41.